The van der Waals surface area contributed by atoms with Gasteiger partial charge in [0.05, 0.1) is 7.11 Å². The van der Waals surface area contributed by atoms with Gasteiger partial charge in [0.15, 0.2) is 5.78 Å². The van der Waals surface area contributed by atoms with Crippen LogP contribution in [0.3, 0.4) is 0 Å². The average molecular weight is 310 g/mol. The minimum Gasteiger partial charge on any atom is -0.489 e. The number of methoxy groups -OCH3 is 1. The zero-order chi connectivity index (χ0) is 16.7. The van der Waals surface area contributed by atoms with Crippen LogP contribution in [0.5, 0.6) is 5.75 Å². The van der Waals surface area contributed by atoms with Crippen molar-refractivity contribution in [2.45, 2.75) is 13.5 Å². The molecule has 0 unspecified atom stereocenters. The molecule has 2 aromatic rings. The predicted octanol–water partition coefficient (Wildman–Crippen LogP) is 3.41. The van der Waals surface area contributed by atoms with Gasteiger partial charge in [0.2, 0.25) is 0 Å². The maximum absolute atomic E-state index is 11.5. The summed E-state index contributed by atoms with van der Waals surface area (Å²) in [5.74, 6) is -0.253. The molecule has 0 N–H and O–H groups in total. The summed E-state index contributed by atoms with van der Waals surface area (Å²) in [5, 5.41) is 0. The second-order valence-electron chi connectivity index (χ2n) is 4.95. The topological polar surface area (TPSA) is 52.6 Å². The van der Waals surface area contributed by atoms with Gasteiger partial charge in [0.1, 0.15) is 17.9 Å². The van der Waals surface area contributed by atoms with Gasteiger partial charge in [-0.2, -0.15) is 0 Å². The van der Waals surface area contributed by atoms with Crippen LogP contribution in [0, 0.1) is 0 Å². The van der Waals surface area contributed by atoms with Crippen LogP contribution in [0.25, 0.3) is 6.08 Å². The molecule has 0 saturated heterocycles. The van der Waals surface area contributed by atoms with Crippen molar-refractivity contribution in [2.24, 2.45) is 0 Å². The van der Waals surface area contributed by atoms with Crippen LogP contribution in [-0.2, 0) is 20.9 Å². The lowest BCUT2D eigenvalue weighted by Crippen LogP contribution is -2.11. The van der Waals surface area contributed by atoms with E-state index in [0.717, 1.165) is 11.1 Å². The second kappa shape index (κ2) is 7.94. The number of carbonyl (C=O) groups is 2. The lowest BCUT2D eigenvalue weighted by molar-refractivity contribution is -0.137. The van der Waals surface area contributed by atoms with Crippen molar-refractivity contribution in [3.8, 4) is 5.75 Å². The molecule has 0 bridgehead atoms. The van der Waals surface area contributed by atoms with Gasteiger partial charge < -0.3 is 9.47 Å². The van der Waals surface area contributed by atoms with Crippen LogP contribution >= 0.6 is 0 Å². The molecule has 0 aliphatic rings. The smallest absolute Gasteiger partial charge is 0.341 e. The molecule has 2 rings (SSSR count). The molecule has 0 amide bonds. The lowest BCUT2D eigenvalue weighted by atomic mass is 10.1. The Bertz CT molecular complexity index is 700. The largest absolute Gasteiger partial charge is 0.489 e. The van der Waals surface area contributed by atoms with Gasteiger partial charge in [-0.05, 0) is 36.3 Å². The molecule has 0 aromatic heterocycles. The van der Waals surface area contributed by atoms with Crippen molar-refractivity contribution in [1.82, 2.24) is 0 Å². The van der Waals surface area contributed by atoms with E-state index in [1.54, 1.807) is 24.3 Å². The first kappa shape index (κ1) is 16.5. The van der Waals surface area contributed by atoms with Gasteiger partial charge in [-0.1, -0.05) is 42.5 Å². The Morgan fingerprint density at radius 2 is 1.65 bits per heavy atom. The van der Waals surface area contributed by atoms with Crippen molar-refractivity contribution in [3.05, 3.63) is 71.3 Å². The average Bonchev–Trinajstić information content (AvgIpc) is 2.59. The summed E-state index contributed by atoms with van der Waals surface area (Å²) in [5.41, 5.74) is 1.83. The Morgan fingerprint density at radius 1 is 1.00 bits per heavy atom. The molecule has 23 heavy (non-hydrogen) atoms. The third-order valence-corrected chi connectivity index (χ3v) is 3.22. The van der Waals surface area contributed by atoms with Gasteiger partial charge in [-0.3, -0.25) is 4.79 Å². The molecule has 4 heteroatoms. The number of carbonyl (C=O) groups excluding carboxylic acids is 2. The highest BCUT2D eigenvalue weighted by Crippen LogP contribution is 2.17. The number of esters is 1. The maximum atomic E-state index is 11.5. The van der Waals surface area contributed by atoms with E-state index < -0.39 is 5.97 Å². The first-order valence-corrected chi connectivity index (χ1v) is 7.18. The van der Waals surface area contributed by atoms with Crippen molar-refractivity contribution in [1.29, 1.82) is 0 Å². The predicted molar refractivity (Wildman–Crippen MR) is 87.9 cm³/mol. The van der Waals surface area contributed by atoms with Gasteiger partial charge >= 0.3 is 5.97 Å². The molecule has 0 radical (unpaired) electrons. The Labute approximate surface area is 135 Å². The summed E-state index contributed by atoms with van der Waals surface area (Å²) in [6, 6.07) is 17.0. The second-order valence-corrected chi connectivity index (χ2v) is 4.95. The first-order valence-electron chi connectivity index (χ1n) is 7.18. The van der Waals surface area contributed by atoms with Crippen LogP contribution in [0.2, 0.25) is 0 Å². The van der Waals surface area contributed by atoms with E-state index in [1.807, 2.05) is 30.3 Å². The number of rotatable bonds is 6. The third-order valence-electron chi connectivity index (χ3n) is 3.22. The molecule has 0 fully saturated rings. The Morgan fingerprint density at radius 3 is 2.22 bits per heavy atom. The zero-order valence-corrected chi connectivity index (χ0v) is 13.1. The minimum atomic E-state index is -0.637. The van der Waals surface area contributed by atoms with Crippen molar-refractivity contribution >= 4 is 17.8 Å². The Hall–Kier alpha value is -2.88. The number of hydrogen-bond donors (Lipinski definition) is 0. The Kier molecular flexibility index (Phi) is 5.69. The van der Waals surface area contributed by atoms with Crippen LogP contribution in [-0.4, -0.2) is 18.9 Å². The van der Waals surface area contributed by atoms with E-state index in [1.165, 1.54) is 20.1 Å². The molecule has 0 spiro atoms. The van der Waals surface area contributed by atoms with Crippen LogP contribution < -0.4 is 4.74 Å². The van der Waals surface area contributed by atoms with E-state index in [4.69, 9.17) is 4.74 Å². The molecule has 0 heterocycles. The summed E-state index contributed by atoms with van der Waals surface area (Å²) in [4.78, 5) is 23.0. The Balaban J connectivity index is 2.06. The van der Waals surface area contributed by atoms with Crippen molar-refractivity contribution in [2.75, 3.05) is 7.11 Å². The molecule has 0 saturated carbocycles. The van der Waals surface area contributed by atoms with E-state index >= 15 is 0 Å². The number of hydrogen-bond acceptors (Lipinski definition) is 4. The maximum Gasteiger partial charge on any atom is 0.341 e. The summed E-state index contributed by atoms with van der Waals surface area (Å²) >= 11 is 0. The molecular weight excluding hydrogens is 292 g/mol. The summed E-state index contributed by atoms with van der Waals surface area (Å²) < 4.78 is 10.3. The highest BCUT2D eigenvalue weighted by molar-refractivity contribution is 6.19. The molecule has 118 valence electrons. The van der Waals surface area contributed by atoms with E-state index in [2.05, 4.69) is 4.74 Å². The van der Waals surface area contributed by atoms with Crippen LogP contribution in [0.1, 0.15) is 18.1 Å². The van der Waals surface area contributed by atoms with Gasteiger partial charge in [-0.25, -0.2) is 4.79 Å². The summed E-state index contributed by atoms with van der Waals surface area (Å²) in [6.07, 6.45) is 1.51. The van der Waals surface area contributed by atoms with E-state index in [9.17, 15) is 9.59 Å². The zero-order valence-electron chi connectivity index (χ0n) is 13.1. The monoisotopic (exact) mass is 310 g/mol. The third kappa shape index (κ3) is 4.81. The first-order chi connectivity index (χ1) is 11.1. The molecular formula is C19H18O4. The molecule has 0 atom stereocenters. The van der Waals surface area contributed by atoms with Gasteiger partial charge in [0, 0.05) is 0 Å². The number of benzene rings is 2. The number of ether oxygens (including phenoxy) is 2. The van der Waals surface area contributed by atoms with E-state index in [-0.39, 0.29) is 11.4 Å². The lowest BCUT2D eigenvalue weighted by Gasteiger charge is -2.07. The minimum absolute atomic E-state index is 0.0189. The molecule has 0 aliphatic carbocycles. The van der Waals surface area contributed by atoms with Gasteiger partial charge in [0.25, 0.3) is 0 Å². The van der Waals surface area contributed by atoms with E-state index in [0.29, 0.717) is 12.4 Å². The fraction of sp³-hybridized carbons (Fsp3) is 0.158. The van der Waals surface area contributed by atoms with Crippen LogP contribution in [0.4, 0.5) is 0 Å². The normalized spacial score (nSPS) is 11.0. The molecule has 0 aliphatic heterocycles. The number of ketones is 1. The highest BCUT2D eigenvalue weighted by atomic mass is 16.5. The van der Waals surface area contributed by atoms with Crippen molar-refractivity contribution < 1.29 is 19.1 Å². The SMILES string of the molecule is COC(=O)/C(=C\c1ccc(OCc2ccccc2)cc1)C(C)=O. The fourth-order valence-electron chi connectivity index (χ4n) is 1.98. The highest BCUT2D eigenvalue weighted by Gasteiger charge is 2.14. The van der Waals surface area contributed by atoms with Gasteiger partial charge in [-0.15, -0.1) is 0 Å². The number of Topliss-reactive ketones (excluding diaryl/α,β-unsaturated/α-hetero) is 1. The fourth-order valence-corrected chi connectivity index (χ4v) is 1.98. The van der Waals surface area contributed by atoms with Crippen LogP contribution in [0.15, 0.2) is 60.2 Å². The molecule has 2 aromatic carbocycles. The quantitative estimate of drug-likeness (QED) is 0.355. The summed E-state index contributed by atoms with van der Waals surface area (Å²) in [7, 11) is 1.25. The molecule has 4 nitrogen and oxygen atoms in total. The standard InChI is InChI=1S/C19H18O4/c1-14(20)18(19(21)22-2)12-15-8-10-17(11-9-15)23-13-16-6-4-3-5-7-16/h3-12H,13H2,1-2H3/b18-12-. The summed E-state index contributed by atoms with van der Waals surface area (Å²) in [6.45, 7) is 1.82. The van der Waals surface area contributed by atoms with Crippen molar-refractivity contribution in [3.63, 3.8) is 0 Å².